The van der Waals surface area contributed by atoms with Gasteiger partial charge < -0.3 is 14.4 Å². The first-order valence-electron chi connectivity index (χ1n) is 6.42. The number of alkyl halides is 3. The van der Waals surface area contributed by atoms with E-state index in [1.807, 2.05) is 0 Å². The topological polar surface area (TPSA) is 55.5 Å². The molecule has 3 rings (SSSR count). The van der Waals surface area contributed by atoms with E-state index in [1.165, 1.54) is 12.1 Å². The van der Waals surface area contributed by atoms with Gasteiger partial charge in [-0.15, -0.1) is 13.2 Å². The van der Waals surface area contributed by atoms with Crippen LogP contribution in [0, 0.1) is 0 Å². The zero-order valence-electron chi connectivity index (χ0n) is 10.8. The quantitative estimate of drug-likeness (QED) is 0.938. The summed E-state index contributed by atoms with van der Waals surface area (Å²) in [5.41, 5.74) is 0.765. The lowest BCUT2D eigenvalue weighted by Gasteiger charge is -2.11. The summed E-state index contributed by atoms with van der Waals surface area (Å²) in [6, 6.07) is 6.69. The van der Waals surface area contributed by atoms with Gasteiger partial charge in [0.1, 0.15) is 23.3 Å². The van der Waals surface area contributed by atoms with Gasteiger partial charge in [0.05, 0.1) is 0 Å². The van der Waals surface area contributed by atoms with E-state index in [9.17, 15) is 18.3 Å². The fourth-order valence-corrected chi connectivity index (χ4v) is 2.02. The maximum Gasteiger partial charge on any atom is 0.573 e. The van der Waals surface area contributed by atoms with Gasteiger partial charge in [-0.25, -0.2) is 0 Å². The van der Waals surface area contributed by atoms with E-state index in [1.54, 1.807) is 6.07 Å². The molecule has 0 spiro atoms. The van der Waals surface area contributed by atoms with Gasteiger partial charge in [-0.1, -0.05) is 17.3 Å². The number of aliphatic hydroxyl groups is 1. The molecule has 0 radical (unpaired) electrons. The average Bonchev–Trinajstić information content (AvgIpc) is 3.15. The molecular formula is C14H12F3NO3. The van der Waals surface area contributed by atoms with Crippen LogP contribution in [0.5, 0.6) is 5.75 Å². The van der Waals surface area contributed by atoms with Crippen LogP contribution in [0.1, 0.15) is 41.9 Å². The molecule has 21 heavy (non-hydrogen) atoms. The molecule has 112 valence electrons. The Balaban J connectivity index is 1.72. The van der Waals surface area contributed by atoms with Crippen molar-refractivity contribution in [2.24, 2.45) is 0 Å². The van der Waals surface area contributed by atoms with Gasteiger partial charge in [-0.05, 0) is 30.5 Å². The third-order valence-corrected chi connectivity index (χ3v) is 3.24. The second kappa shape index (κ2) is 5.07. The van der Waals surface area contributed by atoms with E-state index in [-0.39, 0.29) is 5.75 Å². The van der Waals surface area contributed by atoms with Crippen molar-refractivity contribution in [1.29, 1.82) is 0 Å². The lowest BCUT2D eigenvalue weighted by molar-refractivity contribution is -0.274. The minimum atomic E-state index is -4.73. The lowest BCUT2D eigenvalue weighted by Crippen LogP contribution is -2.17. The minimum absolute atomic E-state index is 0.336. The summed E-state index contributed by atoms with van der Waals surface area (Å²) in [5, 5.41) is 13.9. The van der Waals surface area contributed by atoms with Crippen molar-refractivity contribution in [3.05, 3.63) is 47.3 Å². The Morgan fingerprint density at radius 3 is 2.48 bits per heavy atom. The van der Waals surface area contributed by atoms with Crippen LogP contribution in [0.3, 0.4) is 0 Å². The first-order valence-corrected chi connectivity index (χ1v) is 6.42. The van der Waals surface area contributed by atoms with Crippen molar-refractivity contribution < 1.29 is 27.5 Å². The summed E-state index contributed by atoms with van der Waals surface area (Å²) in [6.45, 7) is 0. The Kier molecular flexibility index (Phi) is 3.36. The van der Waals surface area contributed by atoms with Gasteiger partial charge in [0.15, 0.2) is 0 Å². The molecule has 1 heterocycles. The molecule has 1 aliphatic carbocycles. The SMILES string of the molecule is OC(c1ccc(OC(F)(F)F)cc1)c1cc(C2CC2)on1. The van der Waals surface area contributed by atoms with Crippen LogP contribution in [-0.4, -0.2) is 16.6 Å². The van der Waals surface area contributed by atoms with E-state index >= 15 is 0 Å². The van der Waals surface area contributed by atoms with Crippen LogP contribution in [0.15, 0.2) is 34.9 Å². The first kappa shape index (κ1) is 13.9. The fraction of sp³-hybridized carbons (Fsp3) is 0.357. The number of hydrogen-bond acceptors (Lipinski definition) is 4. The third-order valence-electron chi connectivity index (χ3n) is 3.24. The molecule has 1 unspecified atom stereocenters. The predicted molar refractivity (Wildman–Crippen MR) is 65.7 cm³/mol. The first-order chi connectivity index (χ1) is 9.92. The number of aromatic nitrogens is 1. The van der Waals surface area contributed by atoms with Crippen molar-refractivity contribution in [1.82, 2.24) is 5.16 Å². The summed E-state index contributed by atoms with van der Waals surface area (Å²) in [4.78, 5) is 0. The molecule has 0 saturated heterocycles. The monoisotopic (exact) mass is 299 g/mol. The molecule has 0 aliphatic heterocycles. The number of aliphatic hydroxyl groups excluding tert-OH is 1. The third kappa shape index (κ3) is 3.36. The molecule has 1 aliphatic rings. The highest BCUT2D eigenvalue weighted by Crippen LogP contribution is 2.41. The number of ether oxygens (including phenoxy) is 1. The highest BCUT2D eigenvalue weighted by atomic mass is 19.4. The van der Waals surface area contributed by atoms with Crippen LogP contribution in [-0.2, 0) is 0 Å². The predicted octanol–water partition coefficient (Wildman–Crippen LogP) is 3.53. The molecule has 2 aromatic rings. The average molecular weight is 299 g/mol. The van der Waals surface area contributed by atoms with Gasteiger partial charge in [0.25, 0.3) is 0 Å². The van der Waals surface area contributed by atoms with Gasteiger partial charge in [0, 0.05) is 12.0 Å². The van der Waals surface area contributed by atoms with Gasteiger partial charge in [0.2, 0.25) is 0 Å². The fourth-order valence-electron chi connectivity index (χ4n) is 2.02. The number of halogens is 3. The van der Waals surface area contributed by atoms with E-state index in [2.05, 4.69) is 9.89 Å². The number of hydrogen-bond donors (Lipinski definition) is 1. The highest BCUT2D eigenvalue weighted by molar-refractivity contribution is 5.32. The second-order valence-corrected chi connectivity index (χ2v) is 4.95. The Morgan fingerprint density at radius 1 is 1.24 bits per heavy atom. The van der Waals surface area contributed by atoms with Crippen LogP contribution in [0.25, 0.3) is 0 Å². The Labute approximate surface area is 118 Å². The molecule has 1 aromatic carbocycles. The van der Waals surface area contributed by atoms with Crippen molar-refractivity contribution in [2.75, 3.05) is 0 Å². The summed E-state index contributed by atoms with van der Waals surface area (Å²) >= 11 is 0. The molecule has 0 amide bonds. The molecule has 0 bridgehead atoms. The van der Waals surface area contributed by atoms with E-state index in [0.29, 0.717) is 17.2 Å². The largest absolute Gasteiger partial charge is 0.573 e. The van der Waals surface area contributed by atoms with E-state index in [4.69, 9.17) is 4.52 Å². The molecule has 1 N–H and O–H groups in total. The molecular weight excluding hydrogens is 287 g/mol. The highest BCUT2D eigenvalue weighted by Gasteiger charge is 2.31. The van der Waals surface area contributed by atoms with E-state index < -0.39 is 12.5 Å². The van der Waals surface area contributed by atoms with Crippen molar-refractivity contribution in [3.8, 4) is 5.75 Å². The number of benzene rings is 1. The second-order valence-electron chi connectivity index (χ2n) is 4.95. The van der Waals surface area contributed by atoms with Crippen molar-refractivity contribution in [3.63, 3.8) is 0 Å². The van der Waals surface area contributed by atoms with Crippen LogP contribution < -0.4 is 4.74 Å². The Hall–Kier alpha value is -2.02. The minimum Gasteiger partial charge on any atom is -0.406 e. The van der Waals surface area contributed by atoms with Gasteiger partial charge in [-0.3, -0.25) is 0 Å². The maximum atomic E-state index is 12.1. The molecule has 1 fully saturated rings. The molecule has 1 saturated carbocycles. The lowest BCUT2D eigenvalue weighted by atomic mass is 10.1. The standard InChI is InChI=1S/C14H12F3NO3/c15-14(16,17)20-10-5-3-9(4-6-10)13(19)11-7-12(21-18-11)8-1-2-8/h3-8,13,19H,1-2H2. The van der Waals surface area contributed by atoms with Gasteiger partial charge in [-0.2, -0.15) is 0 Å². The van der Waals surface area contributed by atoms with Crippen molar-refractivity contribution in [2.45, 2.75) is 31.2 Å². The Morgan fingerprint density at radius 2 is 1.90 bits per heavy atom. The van der Waals surface area contributed by atoms with Crippen LogP contribution in [0.4, 0.5) is 13.2 Å². The summed E-state index contributed by atoms with van der Waals surface area (Å²) in [5.74, 6) is 0.777. The van der Waals surface area contributed by atoms with Crippen LogP contribution >= 0.6 is 0 Å². The smallest absolute Gasteiger partial charge is 0.406 e. The van der Waals surface area contributed by atoms with Crippen molar-refractivity contribution >= 4 is 0 Å². The zero-order chi connectivity index (χ0) is 15.0. The molecule has 7 heteroatoms. The summed E-state index contributed by atoms with van der Waals surface area (Å²) < 4.78 is 45.1. The molecule has 1 atom stereocenters. The summed E-state index contributed by atoms with van der Waals surface area (Å²) in [7, 11) is 0. The number of nitrogens with zero attached hydrogens (tertiary/aromatic N) is 1. The summed E-state index contributed by atoms with van der Waals surface area (Å²) in [6.07, 6.45) is -3.67. The molecule has 1 aromatic heterocycles. The maximum absolute atomic E-state index is 12.1. The zero-order valence-corrected chi connectivity index (χ0v) is 10.8. The normalized spacial score (nSPS) is 16.8. The van der Waals surface area contributed by atoms with Crippen LogP contribution in [0.2, 0.25) is 0 Å². The number of rotatable bonds is 4. The molecule has 4 nitrogen and oxygen atoms in total. The van der Waals surface area contributed by atoms with Gasteiger partial charge >= 0.3 is 6.36 Å². The van der Waals surface area contributed by atoms with E-state index in [0.717, 1.165) is 30.7 Å². The Bertz CT molecular complexity index is 617.